The number of ether oxygens (including phenoxy) is 1. The Morgan fingerprint density at radius 1 is 1.10 bits per heavy atom. The number of benzene rings is 2. The third-order valence-corrected chi connectivity index (χ3v) is 5.57. The third-order valence-electron chi connectivity index (χ3n) is 4.43. The van der Waals surface area contributed by atoms with E-state index in [4.69, 9.17) is 4.74 Å². The van der Waals surface area contributed by atoms with Crippen LogP contribution >= 0.6 is 0 Å². The Morgan fingerprint density at radius 2 is 1.76 bits per heavy atom. The average molecular weight is 419 g/mol. The molecule has 1 N–H and O–H groups in total. The van der Waals surface area contributed by atoms with Crippen molar-refractivity contribution in [3.63, 3.8) is 0 Å². The van der Waals surface area contributed by atoms with Crippen LogP contribution in [0.2, 0.25) is 0 Å². The number of aryl methyl sites for hydroxylation is 1. The predicted octanol–water partition coefficient (Wildman–Crippen LogP) is 3.68. The summed E-state index contributed by atoms with van der Waals surface area (Å²) in [7, 11) is -3.65. The van der Waals surface area contributed by atoms with Crippen molar-refractivity contribution in [3.8, 4) is 5.75 Å². The molecule has 0 saturated carbocycles. The van der Waals surface area contributed by atoms with Gasteiger partial charge in [0.2, 0.25) is 15.9 Å². The molecular weight excluding hydrogens is 388 g/mol. The summed E-state index contributed by atoms with van der Waals surface area (Å²) in [5.74, 6) is 0.175. The van der Waals surface area contributed by atoms with Gasteiger partial charge in [0.15, 0.2) is 0 Å². The van der Waals surface area contributed by atoms with E-state index in [2.05, 4.69) is 12.2 Å². The third kappa shape index (κ3) is 6.78. The molecule has 0 heterocycles. The number of hydrogen-bond donors (Lipinski definition) is 1. The Bertz CT molecular complexity index is 924. The van der Waals surface area contributed by atoms with Crippen LogP contribution < -0.4 is 14.4 Å². The molecule has 0 aliphatic carbocycles. The lowest BCUT2D eigenvalue weighted by atomic mass is 10.1. The number of sulfonamides is 1. The SMILES string of the molecule is CCc1ccc([C@@H](C)NC(=O)CN(c2cccc(OC(C)C)c2)S(C)(=O)=O)cc1. The van der Waals surface area contributed by atoms with Gasteiger partial charge >= 0.3 is 0 Å². The first-order chi connectivity index (χ1) is 13.6. The minimum Gasteiger partial charge on any atom is -0.491 e. The summed E-state index contributed by atoms with van der Waals surface area (Å²) in [6.45, 7) is 7.44. The Labute approximate surface area is 173 Å². The lowest BCUT2D eigenvalue weighted by molar-refractivity contribution is -0.120. The zero-order chi connectivity index (χ0) is 21.6. The summed E-state index contributed by atoms with van der Waals surface area (Å²) in [5.41, 5.74) is 2.58. The summed E-state index contributed by atoms with van der Waals surface area (Å²) in [4.78, 5) is 12.6. The zero-order valence-corrected chi connectivity index (χ0v) is 18.5. The second kappa shape index (κ2) is 9.78. The fraction of sp³-hybridized carbons (Fsp3) is 0.409. The molecule has 2 aromatic rings. The van der Waals surface area contributed by atoms with E-state index in [1.165, 1.54) is 5.56 Å². The maximum Gasteiger partial charge on any atom is 0.241 e. The van der Waals surface area contributed by atoms with Crippen LogP contribution in [0.25, 0.3) is 0 Å². The molecule has 1 atom stereocenters. The van der Waals surface area contributed by atoms with Gasteiger partial charge in [-0.2, -0.15) is 0 Å². The second-order valence-corrected chi connectivity index (χ2v) is 9.22. The van der Waals surface area contributed by atoms with Crippen LogP contribution in [-0.4, -0.2) is 33.2 Å². The van der Waals surface area contributed by atoms with Crippen LogP contribution in [-0.2, 0) is 21.2 Å². The van der Waals surface area contributed by atoms with Crippen molar-refractivity contribution in [3.05, 3.63) is 59.7 Å². The molecule has 2 rings (SSSR count). The van der Waals surface area contributed by atoms with Crippen LogP contribution in [0.15, 0.2) is 48.5 Å². The minimum atomic E-state index is -3.65. The van der Waals surface area contributed by atoms with Crippen molar-refractivity contribution < 1.29 is 17.9 Å². The van der Waals surface area contributed by atoms with E-state index < -0.39 is 10.0 Å². The van der Waals surface area contributed by atoms with Crippen LogP contribution in [0.3, 0.4) is 0 Å². The minimum absolute atomic E-state index is 0.0415. The number of rotatable bonds is 9. The highest BCUT2D eigenvalue weighted by molar-refractivity contribution is 7.92. The van der Waals surface area contributed by atoms with Crippen molar-refractivity contribution in [1.29, 1.82) is 0 Å². The molecule has 6 nitrogen and oxygen atoms in total. The number of nitrogens with zero attached hydrogens (tertiary/aromatic N) is 1. The number of amides is 1. The molecule has 7 heteroatoms. The van der Waals surface area contributed by atoms with E-state index in [-0.39, 0.29) is 24.6 Å². The quantitative estimate of drug-likeness (QED) is 0.674. The smallest absolute Gasteiger partial charge is 0.241 e. The van der Waals surface area contributed by atoms with Gasteiger partial charge in [0.1, 0.15) is 12.3 Å². The lowest BCUT2D eigenvalue weighted by Crippen LogP contribution is -2.41. The maximum absolute atomic E-state index is 12.6. The van der Waals surface area contributed by atoms with Gasteiger partial charge in [0.25, 0.3) is 0 Å². The zero-order valence-electron chi connectivity index (χ0n) is 17.7. The molecule has 0 bridgehead atoms. The molecule has 0 aliphatic rings. The molecule has 0 saturated heterocycles. The molecule has 1 amide bonds. The second-order valence-electron chi connectivity index (χ2n) is 7.32. The van der Waals surface area contributed by atoms with Crippen molar-refractivity contribution >= 4 is 21.6 Å². The largest absolute Gasteiger partial charge is 0.491 e. The predicted molar refractivity (Wildman–Crippen MR) is 117 cm³/mol. The summed E-state index contributed by atoms with van der Waals surface area (Å²) in [5, 5.41) is 2.88. The highest BCUT2D eigenvalue weighted by Gasteiger charge is 2.22. The first kappa shape index (κ1) is 22.7. The van der Waals surface area contributed by atoms with Crippen molar-refractivity contribution in [2.45, 2.75) is 46.3 Å². The normalized spacial score (nSPS) is 12.5. The molecule has 0 aromatic heterocycles. The summed E-state index contributed by atoms with van der Waals surface area (Å²) >= 11 is 0. The fourth-order valence-electron chi connectivity index (χ4n) is 2.93. The molecule has 29 heavy (non-hydrogen) atoms. The standard InChI is InChI=1S/C22H30N2O4S/c1-6-18-10-12-19(13-11-18)17(4)23-22(25)15-24(29(5,26)27)20-8-7-9-21(14-20)28-16(2)3/h7-14,16-17H,6,15H2,1-5H3,(H,23,25)/t17-/m1/s1. The Hall–Kier alpha value is -2.54. The molecule has 0 unspecified atom stereocenters. The van der Waals surface area contributed by atoms with E-state index in [9.17, 15) is 13.2 Å². The van der Waals surface area contributed by atoms with Gasteiger partial charge < -0.3 is 10.1 Å². The molecule has 2 aromatic carbocycles. The van der Waals surface area contributed by atoms with Crippen LogP contribution in [0.5, 0.6) is 5.75 Å². The summed E-state index contributed by atoms with van der Waals surface area (Å²) in [6, 6.07) is 14.5. The Balaban J connectivity index is 2.14. The molecule has 0 spiro atoms. The topological polar surface area (TPSA) is 75.7 Å². The monoisotopic (exact) mass is 418 g/mol. The number of carbonyl (C=O) groups is 1. The lowest BCUT2D eigenvalue weighted by Gasteiger charge is -2.24. The Kier molecular flexibility index (Phi) is 7.67. The van der Waals surface area contributed by atoms with Crippen LogP contribution in [0.1, 0.15) is 44.9 Å². The highest BCUT2D eigenvalue weighted by Crippen LogP contribution is 2.24. The van der Waals surface area contributed by atoms with Gasteiger partial charge in [0.05, 0.1) is 24.1 Å². The number of nitrogens with one attached hydrogen (secondary N) is 1. The molecular formula is C22H30N2O4S. The number of hydrogen-bond acceptors (Lipinski definition) is 4. The summed E-state index contributed by atoms with van der Waals surface area (Å²) in [6.07, 6.45) is 1.99. The van der Waals surface area contributed by atoms with E-state index >= 15 is 0 Å². The van der Waals surface area contributed by atoms with Gasteiger partial charge in [-0.3, -0.25) is 9.10 Å². The highest BCUT2D eigenvalue weighted by atomic mass is 32.2. The van der Waals surface area contributed by atoms with Crippen molar-refractivity contribution in [2.75, 3.05) is 17.1 Å². The van der Waals surface area contributed by atoms with E-state index in [1.54, 1.807) is 24.3 Å². The molecule has 0 fully saturated rings. The average Bonchev–Trinajstić information content (AvgIpc) is 2.65. The van der Waals surface area contributed by atoms with E-state index in [0.717, 1.165) is 22.5 Å². The Morgan fingerprint density at radius 3 is 2.31 bits per heavy atom. The van der Waals surface area contributed by atoms with Gasteiger partial charge in [0, 0.05) is 6.07 Å². The van der Waals surface area contributed by atoms with Crippen molar-refractivity contribution in [1.82, 2.24) is 5.32 Å². The van der Waals surface area contributed by atoms with Gasteiger partial charge in [-0.25, -0.2) is 8.42 Å². The summed E-state index contributed by atoms with van der Waals surface area (Å²) < 4.78 is 31.4. The first-order valence-corrected chi connectivity index (χ1v) is 11.6. The van der Waals surface area contributed by atoms with Crippen LogP contribution in [0.4, 0.5) is 5.69 Å². The van der Waals surface area contributed by atoms with Crippen molar-refractivity contribution in [2.24, 2.45) is 0 Å². The van der Waals surface area contributed by atoms with Crippen LogP contribution in [0, 0.1) is 0 Å². The van der Waals surface area contributed by atoms with E-state index in [1.807, 2.05) is 45.0 Å². The number of anilines is 1. The fourth-order valence-corrected chi connectivity index (χ4v) is 3.78. The first-order valence-electron chi connectivity index (χ1n) is 9.72. The van der Waals surface area contributed by atoms with Gasteiger partial charge in [-0.15, -0.1) is 0 Å². The molecule has 0 radical (unpaired) electrons. The van der Waals surface area contributed by atoms with E-state index in [0.29, 0.717) is 11.4 Å². The number of carbonyl (C=O) groups excluding carboxylic acids is 1. The maximum atomic E-state index is 12.6. The molecule has 158 valence electrons. The van der Waals surface area contributed by atoms with Gasteiger partial charge in [-0.05, 0) is 50.5 Å². The molecule has 0 aliphatic heterocycles. The van der Waals surface area contributed by atoms with Gasteiger partial charge in [-0.1, -0.05) is 37.3 Å².